The average Bonchev–Trinajstić information content (AvgIpc) is 2.78. The van der Waals surface area contributed by atoms with Crippen molar-refractivity contribution in [3.05, 3.63) is 93.8 Å². The highest BCUT2D eigenvalue weighted by atomic mass is 32.2. The van der Waals surface area contributed by atoms with Gasteiger partial charge in [0.2, 0.25) is 0 Å². The average molecular weight is 472 g/mol. The number of rotatable bonds is 9. The molecule has 0 aliphatic heterocycles. The Balaban J connectivity index is 1.67. The number of aryl methyl sites for hydroxylation is 1. The van der Waals surface area contributed by atoms with E-state index in [-0.39, 0.29) is 34.9 Å². The van der Waals surface area contributed by atoms with E-state index in [1.807, 2.05) is 0 Å². The van der Waals surface area contributed by atoms with Gasteiger partial charge in [-0.05, 0) is 42.8 Å². The number of halogens is 1. The van der Waals surface area contributed by atoms with Crippen LogP contribution >= 0.6 is 0 Å². The van der Waals surface area contributed by atoms with Crippen molar-refractivity contribution in [1.82, 2.24) is 5.32 Å². The molecule has 0 atom stereocenters. The Morgan fingerprint density at radius 2 is 1.67 bits per heavy atom. The first-order chi connectivity index (χ1) is 15.7. The number of hydrogen-bond acceptors (Lipinski definition) is 6. The van der Waals surface area contributed by atoms with Crippen LogP contribution in [-0.2, 0) is 10.0 Å². The van der Waals surface area contributed by atoms with E-state index in [9.17, 15) is 27.7 Å². The van der Waals surface area contributed by atoms with Gasteiger partial charge in [-0.1, -0.05) is 30.3 Å². The van der Waals surface area contributed by atoms with Crippen LogP contribution in [0, 0.1) is 22.9 Å². The van der Waals surface area contributed by atoms with E-state index in [0.29, 0.717) is 11.3 Å². The zero-order chi connectivity index (χ0) is 24.0. The Morgan fingerprint density at radius 1 is 1.00 bits per heavy atom. The number of hydrogen-bond donors (Lipinski definition) is 3. The molecule has 0 heterocycles. The Bertz CT molecular complexity index is 1300. The molecule has 1 amide bonds. The van der Waals surface area contributed by atoms with E-state index >= 15 is 0 Å². The number of nitro benzene ring substituents is 1. The van der Waals surface area contributed by atoms with E-state index in [2.05, 4.69) is 15.4 Å². The van der Waals surface area contributed by atoms with Gasteiger partial charge in [0.25, 0.3) is 21.6 Å². The van der Waals surface area contributed by atoms with Gasteiger partial charge in [0.1, 0.15) is 11.5 Å². The zero-order valence-corrected chi connectivity index (χ0v) is 18.4. The number of benzene rings is 3. The van der Waals surface area contributed by atoms with Crippen LogP contribution in [0.25, 0.3) is 0 Å². The van der Waals surface area contributed by atoms with Crippen LogP contribution in [0.3, 0.4) is 0 Å². The summed E-state index contributed by atoms with van der Waals surface area (Å²) in [5.41, 5.74) is 0.714. The molecule has 3 aromatic rings. The second kappa shape index (κ2) is 10.1. The first kappa shape index (κ1) is 23.7. The van der Waals surface area contributed by atoms with E-state index < -0.39 is 26.7 Å². The zero-order valence-electron chi connectivity index (χ0n) is 17.5. The molecule has 9 nitrogen and oxygen atoms in total. The number of para-hydroxylation sites is 3. The summed E-state index contributed by atoms with van der Waals surface area (Å²) in [4.78, 5) is 23.0. The summed E-state index contributed by atoms with van der Waals surface area (Å²) in [6.45, 7) is 2.00. The van der Waals surface area contributed by atoms with Gasteiger partial charge >= 0.3 is 0 Å². The van der Waals surface area contributed by atoms with Gasteiger partial charge in [0.05, 0.1) is 15.5 Å². The predicted molar refractivity (Wildman–Crippen MR) is 122 cm³/mol. The molecule has 172 valence electrons. The van der Waals surface area contributed by atoms with Crippen LogP contribution in [0.4, 0.5) is 21.5 Å². The Kier molecular flexibility index (Phi) is 7.23. The molecule has 0 bridgehead atoms. The molecule has 0 aliphatic rings. The van der Waals surface area contributed by atoms with Crippen molar-refractivity contribution in [3.63, 3.8) is 0 Å². The van der Waals surface area contributed by atoms with Crippen molar-refractivity contribution >= 4 is 33.0 Å². The molecule has 33 heavy (non-hydrogen) atoms. The summed E-state index contributed by atoms with van der Waals surface area (Å²) in [5.74, 6) is -1.24. The number of anilines is 2. The maximum Gasteiger partial charge on any atom is 0.292 e. The smallest absolute Gasteiger partial charge is 0.292 e. The summed E-state index contributed by atoms with van der Waals surface area (Å²) >= 11 is 0. The molecule has 3 N–H and O–H groups in total. The normalized spacial score (nSPS) is 11.0. The first-order valence-electron chi connectivity index (χ1n) is 9.82. The summed E-state index contributed by atoms with van der Waals surface area (Å²) in [6, 6.07) is 15.5. The number of carbonyl (C=O) groups is 1. The lowest BCUT2D eigenvalue weighted by atomic mass is 10.1. The van der Waals surface area contributed by atoms with Gasteiger partial charge in [-0.25, -0.2) is 12.8 Å². The molecule has 0 saturated carbocycles. The Labute approximate surface area is 189 Å². The number of carbonyl (C=O) groups excluding carboxylic acids is 1. The minimum Gasteiger partial charge on any atom is -0.378 e. The number of nitrogens with zero attached hydrogens (tertiary/aromatic N) is 1. The quantitative estimate of drug-likeness (QED) is 0.247. The highest BCUT2D eigenvalue weighted by Gasteiger charge is 2.19. The highest BCUT2D eigenvalue weighted by Crippen LogP contribution is 2.23. The molecule has 3 rings (SSSR count). The maximum absolute atomic E-state index is 13.8. The number of nitro groups is 1. The van der Waals surface area contributed by atoms with Crippen molar-refractivity contribution in [2.24, 2.45) is 0 Å². The van der Waals surface area contributed by atoms with Crippen molar-refractivity contribution in [1.29, 1.82) is 0 Å². The molecule has 0 unspecified atom stereocenters. The lowest BCUT2D eigenvalue weighted by Gasteiger charge is -2.12. The van der Waals surface area contributed by atoms with Crippen LogP contribution in [0.5, 0.6) is 0 Å². The fourth-order valence-corrected chi connectivity index (χ4v) is 4.10. The monoisotopic (exact) mass is 472 g/mol. The summed E-state index contributed by atoms with van der Waals surface area (Å²) in [5, 5.41) is 16.6. The lowest BCUT2D eigenvalue weighted by Crippen LogP contribution is -2.29. The van der Waals surface area contributed by atoms with Gasteiger partial charge in [0, 0.05) is 24.7 Å². The van der Waals surface area contributed by atoms with Crippen molar-refractivity contribution in [2.45, 2.75) is 11.8 Å². The minimum atomic E-state index is -4.13. The van der Waals surface area contributed by atoms with Gasteiger partial charge in [-0.3, -0.25) is 19.6 Å². The molecular weight excluding hydrogens is 451 g/mol. The fraction of sp³-hybridized carbons (Fsp3) is 0.136. The van der Waals surface area contributed by atoms with Gasteiger partial charge in [-0.2, -0.15) is 0 Å². The van der Waals surface area contributed by atoms with Crippen molar-refractivity contribution < 1.29 is 22.5 Å². The number of nitrogens with one attached hydrogen (secondary N) is 3. The second-order valence-electron chi connectivity index (χ2n) is 7.02. The molecule has 3 aromatic carbocycles. The molecular formula is C22H21FN4O5S. The third-order valence-electron chi connectivity index (χ3n) is 4.71. The van der Waals surface area contributed by atoms with Crippen LogP contribution in [-0.4, -0.2) is 32.3 Å². The standard InChI is InChI=1S/C22H21FN4O5S/c1-15-10-11-16(33(31,32)26-19-7-3-2-6-18(19)23)14-17(15)22(28)25-13-12-24-20-8-4-5-9-21(20)27(29)30/h2-11,14,24,26H,12-13H2,1H3,(H,25,28). The molecule has 0 spiro atoms. The van der Waals surface area contributed by atoms with Gasteiger partial charge in [0.15, 0.2) is 0 Å². The Hall–Kier alpha value is -3.99. The maximum atomic E-state index is 13.8. The molecule has 0 saturated heterocycles. The van der Waals surface area contributed by atoms with Gasteiger partial charge < -0.3 is 10.6 Å². The predicted octanol–water partition coefficient (Wildman–Crippen LogP) is 3.69. The topological polar surface area (TPSA) is 130 Å². The molecule has 0 aliphatic carbocycles. The van der Waals surface area contributed by atoms with Crippen molar-refractivity contribution in [3.8, 4) is 0 Å². The third-order valence-corrected chi connectivity index (χ3v) is 6.07. The molecule has 0 aromatic heterocycles. The largest absolute Gasteiger partial charge is 0.378 e. The molecule has 0 fully saturated rings. The van der Waals surface area contributed by atoms with Crippen LogP contribution in [0.15, 0.2) is 71.6 Å². The first-order valence-corrected chi connectivity index (χ1v) is 11.3. The SMILES string of the molecule is Cc1ccc(S(=O)(=O)Nc2ccccc2F)cc1C(=O)NCCNc1ccccc1[N+](=O)[O-]. The second-order valence-corrected chi connectivity index (χ2v) is 8.70. The third kappa shape index (κ3) is 5.83. The fourth-order valence-electron chi connectivity index (χ4n) is 3.01. The molecule has 11 heteroatoms. The summed E-state index contributed by atoms with van der Waals surface area (Å²) < 4.78 is 41.4. The number of amides is 1. The van der Waals surface area contributed by atoms with Crippen LogP contribution < -0.4 is 15.4 Å². The van der Waals surface area contributed by atoms with Crippen LogP contribution in [0.1, 0.15) is 15.9 Å². The van der Waals surface area contributed by atoms with Gasteiger partial charge in [-0.15, -0.1) is 0 Å². The summed E-state index contributed by atoms with van der Waals surface area (Å²) in [7, 11) is -4.13. The van der Waals surface area contributed by atoms with Crippen LogP contribution in [0.2, 0.25) is 0 Å². The minimum absolute atomic E-state index is 0.0834. The molecule has 0 radical (unpaired) electrons. The summed E-state index contributed by atoms with van der Waals surface area (Å²) in [6.07, 6.45) is 0. The van der Waals surface area contributed by atoms with E-state index in [1.165, 1.54) is 42.5 Å². The number of sulfonamides is 1. The van der Waals surface area contributed by atoms with Crippen molar-refractivity contribution in [2.75, 3.05) is 23.1 Å². The van der Waals surface area contributed by atoms with E-state index in [1.54, 1.807) is 25.1 Å². The van der Waals surface area contributed by atoms with E-state index in [4.69, 9.17) is 0 Å². The van der Waals surface area contributed by atoms with E-state index in [0.717, 1.165) is 6.07 Å². The highest BCUT2D eigenvalue weighted by molar-refractivity contribution is 7.92. The Morgan fingerprint density at radius 3 is 2.36 bits per heavy atom. The lowest BCUT2D eigenvalue weighted by molar-refractivity contribution is -0.384.